The number of aromatic nitrogens is 1. The minimum absolute atomic E-state index is 0.330. The van der Waals surface area contributed by atoms with Crippen LogP contribution in [0.5, 0.6) is 11.5 Å². The van der Waals surface area contributed by atoms with Crippen molar-refractivity contribution in [1.29, 1.82) is 0 Å². The lowest BCUT2D eigenvalue weighted by Gasteiger charge is -2.10. The molecule has 0 saturated heterocycles. The topological polar surface area (TPSA) is 22.1 Å². The van der Waals surface area contributed by atoms with Crippen molar-refractivity contribution >= 4 is 11.6 Å². The van der Waals surface area contributed by atoms with E-state index in [1.54, 1.807) is 18.3 Å². The molecule has 2 rings (SSSR count). The van der Waals surface area contributed by atoms with Gasteiger partial charge in [0.25, 0.3) is 0 Å². The molecule has 0 bridgehead atoms. The van der Waals surface area contributed by atoms with Crippen LogP contribution in [0.2, 0.25) is 5.15 Å². The maximum atomic E-state index is 13.1. The number of hydrogen-bond acceptors (Lipinski definition) is 2. The minimum Gasteiger partial charge on any atom is -0.457 e. The normalized spacial score (nSPS) is 10.4. The van der Waals surface area contributed by atoms with Gasteiger partial charge in [0.2, 0.25) is 0 Å². The summed E-state index contributed by atoms with van der Waals surface area (Å²) in [7, 11) is 0. The van der Waals surface area contributed by atoms with Gasteiger partial charge in [0.15, 0.2) is 0 Å². The van der Waals surface area contributed by atoms with Gasteiger partial charge in [-0.2, -0.15) is 0 Å². The Morgan fingerprint density at radius 3 is 2.59 bits per heavy atom. The molecule has 0 aliphatic rings. The van der Waals surface area contributed by atoms with Crippen LogP contribution in [0.1, 0.15) is 11.1 Å². The van der Waals surface area contributed by atoms with Crippen molar-refractivity contribution in [3.05, 3.63) is 52.6 Å². The number of aryl methyl sites for hydroxylation is 2. The third-order valence-corrected chi connectivity index (χ3v) is 2.60. The van der Waals surface area contributed by atoms with Crippen LogP contribution in [0, 0.1) is 19.7 Å². The number of nitrogens with zero attached hydrogens (tertiary/aromatic N) is 1. The maximum absolute atomic E-state index is 13.1. The summed E-state index contributed by atoms with van der Waals surface area (Å²) in [6.07, 6.45) is 1.62. The average Bonchev–Trinajstić information content (AvgIpc) is 2.28. The summed E-state index contributed by atoms with van der Waals surface area (Å²) < 4.78 is 18.7. The lowest BCUT2D eigenvalue weighted by Crippen LogP contribution is -1.92. The monoisotopic (exact) mass is 251 g/mol. The lowest BCUT2D eigenvalue weighted by atomic mass is 10.2. The third kappa shape index (κ3) is 2.74. The molecule has 0 N–H and O–H groups in total. The molecule has 0 fully saturated rings. The van der Waals surface area contributed by atoms with Gasteiger partial charge in [0, 0.05) is 23.9 Å². The van der Waals surface area contributed by atoms with Crippen LogP contribution in [0.25, 0.3) is 0 Å². The lowest BCUT2D eigenvalue weighted by molar-refractivity contribution is 0.468. The molecule has 0 aliphatic carbocycles. The highest BCUT2D eigenvalue weighted by Gasteiger charge is 2.06. The number of hydrogen-bond donors (Lipinski definition) is 0. The molecule has 1 heterocycles. The Labute approximate surface area is 104 Å². The molecule has 0 atom stereocenters. The molecule has 2 aromatic rings. The molecule has 2 nitrogen and oxygen atoms in total. The minimum atomic E-state index is -0.330. The largest absolute Gasteiger partial charge is 0.457 e. The van der Waals surface area contributed by atoms with E-state index < -0.39 is 0 Å². The van der Waals surface area contributed by atoms with Gasteiger partial charge in [0.1, 0.15) is 22.5 Å². The second-order valence-corrected chi connectivity index (χ2v) is 4.17. The quantitative estimate of drug-likeness (QED) is 0.743. The predicted octanol–water partition coefficient (Wildman–Crippen LogP) is 4.28. The fourth-order valence-corrected chi connectivity index (χ4v) is 1.54. The maximum Gasteiger partial charge on any atom is 0.134 e. The van der Waals surface area contributed by atoms with Gasteiger partial charge in [-0.05, 0) is 25.5 Å². The zero-order chi connectivity index (χ0) is 12.4. The highest BCUT2D eigenvalue weighted by Crippen LogP contribution is 2.29. The van der Waals surface area contributed by atoms with Crippen molar-refractivity contribution in [1.82, 2.24) is 4.98 Å². The number of pyridine rings is 1. The first-order valence-corrected chi connectivity index (χ1v) is 5.50. The van der Waals surface area contributed by atoms with Crippen LogP contribution in [0.4, 0.5) is 4.39 Å². The third-order valence-electron chi connectivity index (χ3n) is 2.39. The van der Waals surface area contributed by atoms with Gasteiger partial charge in [-0.15, -0.1) is 0 Å². The first-order valence-electron chi connectivity index (χ1n) is 5.12. The smallest absolute Gasteiger partial charge is 0.134 e. The summed E-state index contributed by atoms with van der Waals surface area (Å²) in [5.74, 6) is 0.734. The molecule has 0 radical (unpaired) electrons. The number of benzene rings is 1. The summed E-state index contributed by atoms with van der Waals surface area (Å²) in [6, 6.07) is 6.03. The van der Waals surface area contributed by atoms with Crippen LogP contribution in [0.3, 0.4) is 0 Å². The molecule has 4 heteroatoms. The van der Waals surface area contributed by atoms with Crippen LogP contribution in [-0.2, 0) is 0 Å². The Kier molecular flexibility index (Phi) is 3.29. The summed E-state index contributed by atoms with van der Waals surface area (Å²) in [5.41, 5.74) is 1.71. The van der Waals surface area contributed by atoms with Crippen LogP contribution in [-0.4, -0.2) is 4.98 Å². The van der Waals surface area contributed by atoms with E-state index in [9.17, 15) is 4.39 Å². The summed E-state index contributed by atoms with van der Waals surface area (Å²) in [6.45, 7) is 3.71. The van der Waals surface area contributed by atoms with Gasteiger partial charge in [-0.3, -0.25) is 0 Å². The van der Waals surface area contributed by atoms with E-state index in [0.29, 0.717) is 16.7 Å². The van der Waals surface area contributed by atoms with Crippen LogP contribution >= 0.6 is 11.6 Å². The van der Waals surface area contributed by atoms with Crippen molar-refractivity contribution in [2.24, 2.45) is 0 Å². The van der Waals surface area contributed by atoms with E-state index in [4.69, 9.17) is 16.3 Å². The number of halogens is 2. The molecule has 0 amide bonds. The van der Waals surface area contributed by atoms with Crippen molar-refractivity contribution in [2.75, 3.05) is 0 Å². The van der Waals surface area contributed by atoms with Crippen molar-refractivity contribution in [3.63, 3.8) is 0 Å². The summed E-state index contributed by atoms with van der Waals surface area (Å²) in [5, 5.41) is 0.347. The summed E-state index contributed by atoms with van der Waals surface area (Å²) >= 11 is 5.79. The van der Waals surface area contributed by atoms with Crippen LogP contribution < -0.4 is 4.74 Å². The van der Waals surface area contributed by atoms with Gasteiger partial charge in [-0.1, -0.05) is 17.7 Å². The molecule has 1 aromatic heterocycles. The fraction of sp³-hybridized carbons (Fsp3) is 0.154. The summed E-state index contributed by atoms with van der Waals surface area (Å²) in [4.78, 5) is 3.93. The van der Waals surface area contributed by atoms with Crippen molar-refractivity contribution in [2.45, 2.75) is 13.8 Å². The standard InChI is InChI=1S/C13H11ClFNO/c1-8-3-4-10(15)5-11(8)17-12-6-13(14)16-7-9(12)2/h3-7H,1-2H3. The Hall–Kier alpha value is -1.61. The van der Waals surface area contributed by atoms with Gasteiger partial charge < -0.3 is 4.74 Å². The molecule has 17 heavy (non-hydrogen) atoms. The van der Waals surface area contributed by atoms with Crippen LogP contribution in [0.15, 0.2) is 30.5 Å². The SMILES string of the molecule is Cc1ccc(F)cc1Oc1cc(Cl)ncc1C. The molecule has 0 unspecified atom stereocenters. The zero-order valence-electron chi connectivity index (χ0n) is 9.50. The van der Waals surface area contributed by atoms with E-state index >= 15 is 0 Å². The van der Waals surface area contributed by atoms with E-state index in [-0.39, 0.29) is 5.82 Å². The first-order chi connectivity index (χ1) is 8.06. The highest BCUT2D eigenvalue weighted by atomic mass is 35.5. The van der Waals surface area contributed by atoms with Crippen molar-refractivity contribution in [3.8, 4) is 11.5 Å². The average molecular weight is 252 g/mol. The van der Waals surface area contributed by atoms with Gasteiger partial charge in [0.05, 0.1) is 0 Å². The second-order valence-electron chi connectivity index (χ2n) is 3.78. The van der Waals surface area contributed by atoms with E-state index in [1.165, 1.54) is 12.1 Å². The number of ether oxygens (including phenoxy) is 1. The Bertz CT molecular complexity index is 508. The molecule has 0 spiro atoms. The molecular formula is C13H11ClFNO. The Balaban J connectivity index is 2.37. The Morgan fingerprint density at radius 1 is 1.12 bits per heavy atom. The fourth-order valence-electron chi connectivity index (χ4n) is 1.39. The molecule has 1 aromatic carbocycles. The molecular weight excluding hydrogens is 241 g/mol. The predicted molar refractivity (Wildman–Crippen MR) is 65.2 cm³/mol. The van der Waals surface area contributed by atoms with E-state index in [2.05, 4.69) is 4.98 Å². The second kappa shape index (κ2) is 4.72. The van der Waals surface area contributed by atoms with Gasteiger partial charge >= 0.3 is 0 Å². The molecule has 88 valence electrons. The van der Waals surface area contributed by atoms with E-state index in [1.807, 2.05) is 13.8 Å². The molecule has 0 saturated carbocycles. The Morgan fingerprint density at radius 2 is 1.82 bits per heavy atom. The zero-order valence-corrected chi connectivity index (χ0v) is 10.3. The highest BCUT2D eigenvalue weighted by molar-refractivity contribution is 6.29. The number of rotatable bonds is 2. The molecule has 0 aliphatic heterocycles. The van der Waals surface area contributed by atoms with E-state index in [0.717, 1.165) is 11.1 Å². The first kappa shape index (κ1) is 11.9. The van der Waals surface area contributed by atoms with Gasteiger partial charge in [-0.25, -0.2) is 9.37 Å². The van der Waals surface area contributed by atoms with Crippen molar-refractivity contribution < 1.29 is 9.13 Å².